The molecule has 4 nitrogen and oxygen atoms in total. The zero-order chi connectivity index (χ0) is 10.1. The van der Waals surface area contributed by atoms with E-state index < -0.39 is 12.0 Å². The van der Waals surface area contributed by atoms with E-state index in [0.717, 1.165) is 6.33 Å². The second kappa shape index (κ2) is 3.37. The van der Waals surface area contributed by atoms with Crippen LogP contribution in [0.15, 0.2) is 6.33 Å². The standard InChI is InChI=1S/C7H11F2N3O/c1-3-12-6(10-4-11-12)5(13)7(2,8)9/h4-5,13H,3H2,1-2H3. The fourth-order valence-corrected chi connectivity index (χ4v) is 0.955. The van der Waals surface area contributed by atoms with Gasteiger partial charge in [0.25, 0.3) is 5.92 Å². The molecule has 13 heavy (non-hydrogen) atoms. The van der Waals surface area contributed by atoms with Gasteiger partial charge in [-0.3, -0.25) is 0 Å². The molecule has 0 saturated carbocycles. The molecule has 0 aliphatic rings. The van der Waals surface area contributed by atoms with Crippen molar-refractivity contribution in [1.29, 1.82) is 0 Å². The highest BCUT2D eigenvalue weighted by atomic mass is 19.3. The molecule has 0 bridgehead atoms. The summed E-state index contributed by atoms with van der Waals surface area (Å²) in [5.74, 6) is -3.30. The summed E-state index contributed by atoms with van der Waals surface area (Å²) in [6.07, 6.45) is -0.747. The molecule has 0 fully saturated rings. The van der Waals surface area contributed by atoms with E-state index in [2.05, 4.69) is 10.1 Å². The zero-order valence-electron chi connectivity index (χ0n) is 7.41. The molecule has 1 atom stereocenters. The van der Waals surface area contributed by atoms with Crippen molar-refractivity contribution in [1.82, 2.24) is 14.8 Å². The Labute approximate surface area is 74.2 Å². The second-order valence-corrected chi connectivity index (χ2v) is 2.79. The van der Waals surface area contributed by atoms with Crippen LogP contribution in [0.25, 0.3) is 0 Å². The first-order valence-electron chi connectivity index (χ1n) is 3.90. The van der Waals surface area contributed by atoms with E-state index in [1.54, 1.807) is 6.92 Å². The summed E-state index contributed by atoms with van der Waals surface area (Å²) in [5, 5.41) is 12.9. The molecule has 0 aromatic carbocycles. The summed E-state index contributed by atoms with van der Waals surface area (Å²) in [4.78, 5) is 3.58. The average molecular weight is 191 g/mol. The monoisotopic (exact) mass is 191 g/mol. The highest BCUT2D eigenvalue weighted by Gasteiger charge is 2.36. The summed E-state index contributed by atoms with van der Waals surface area (Å²) in [6, 6.07) is 0. The molecule has 74 valence electrons. The topological polar surface area (TPSA) is 50.9 Å². The molecule has 1 aromatic rings. The Kier molecular flexibility index (Phi) is 2.60. The fraction of sp³-hybridized carbons (Fsp3) is 0.714. The lowest BCUT2D eigenvalue weighted by Gasteiger charge is -2.17. The Morgan fingerprint density at radius 3 is 2.77 bits per heavy atom. The number of hydrogen-bond acceptors (Lipinski definition) is 3. The second-order valence-electron chi connectivity index (χ2n) is 2.79. The van der Waals surface area contributed by atoms with Crippen LogP contribution in [0.5, 0.6) is 0 Å². The molecule has 0 aliphatic carbocycles. The SMILES string of the molecule is CCn1ncnc1C(O)C(C)(F)F. The van der Waals surface area contributed by atoms with Gasteiger partial charge in [-0.25, -0.2) is 18.4 Å². The number of halogens is 2. The van der Waals surface area contributed by atoms with Crippen LogP contribution in [-0.4, -0.2) is 25.8 Å². The predicted octanol–water partition coefficient (Wildman–Crippen LogP) is 0.987. The first-order valence-corrected chi connectivity index (χ1v) is 3.90. The van der Waals surface area contributed by atoms with Crippen molar-refractivity contribution in [2.24, 2.45) is 0 Å². The number of rotatable bonds is 3. The molecule has 0 radical (unpaired) electrons. The maximum Gasteiger partial charge on any atom is 0.277 e. The average Bonchev–Trinajstić information content (AvgIpc) is 2.48. The zero-order valence-corrected chi connectivity index (χ0v) is 7.41. The molecule has 0 saturated heterocycles. The Morgan fingerprint density at radius 1 is 1.69 bits per heavy atom. The molecule has 1 rings (SSSR count). The minimum atomic E-state index is -3.19. The Hall–Kier alpha value is -1.04. The molecule has 0 amide bonds. The third-order valence-corrected chi connectivity index (χ3v) is 1.67. The van der Waals surface area contributed by atoms with Gasteiger partial charge in [-0.1, -0.05) is 0 Å². The Balaban J connectivity index is 2.94. The van der Waals surface area contributed by atoms with Crippen LogP contribution in [-0.2, 0) is 6.54 Å². The third-order valence-electron chi connectivity index (χ3n) is 1.67. The molecule has 0 aliphatic heterocycles. The van der Waals surface area contributed by atoms with Gasteiger partial charge in [-0.2, -0.15) is 5.10 Å². The van der Waals surface area contributed by atoms with Crippen molar-refractivity contribution < 1.29 is 13.9 Å². The van der Waals surface area contributed by atoms with Gasteiger partial charge in [-0.05, 0) is 6.92 Å². The van der Waals surface area contributed by atoms with Crippen molar-refractivity contribution in [2.45, 2.75) is 32.4 Å². The minimum Gasteiger partial charge on any atom is -0.379 e. The molecule has 1 heterocycles. The van der Waals surface area contributed by atoms with Gasteiger partial charge in [0.2, 0.25) is 0 Å². The summed E-state index contributed by atoms with van der Waals surface area (Å²) in [6.45, 7) is 2.79. The van der Waals surface area contributed by atoms with Gasteiger partial charge >= 0.3 is 0 Å². The number of aromatic nitrogens is 3. The maximum atomic E-state index is 12.7. The van der Waals surface area contributed by atoms with E-state index in [0.29, 0.717) is 13.5 Å². The van der Waals surface area contributed by atoms with Crippen molar-refractivity contribution in [3.8, 4) is 0 Å². The van der Waals surface area contributed by atoms with Gasteiger partial charge in [0.05, 0.1) is 0 Å². The third kappa shape index (κ3) is 2.00. The van der Waals surface area contributed by atoms with E-state index >= 15 is 0 Å². The summed E-state index contributed by atoms with van der Waals surface area (Å²) in [5.41, 5.74) is 0. The fourth-order valence-electron chi connectivity index (χ4n) is 0.955. The molecular formula is C7H11F2N3O. The minimum absolute atomic E-state index is 0.102. The Morgan fingerprint density at radius 2 is 2.31 bits per heavy atom. The number of aliphatic hydroxyl groups excluding tert-OH is 1. The van der Waals surface area contributed by atoms with Crippen LogP contribution >= 0.6 is 0 Å². The van der Waals surface area contributed by atoms with Crippen LogP contribution in [0.3, 0.4) is 0 Å². The number of nitrogens with zero attached hydrogens (tertiary/aromatic N) is 3. The Bertz CT molecular complexity index is 282. The number of aliphatic hydroxyl groups is 1. The first kappa shape index (κ1) is 10.0. The smallest absolute Gasteiger partial charge is 0.277 e. The summed E-state index contributed by atoms with van der Waals surface area (Å²) in [7, 11) is 0. The van der Waals surface area contributed by atoms with Crippen LogP contribution in [0, 0.1) is 0 Å². The van der Waals surface area contributed by atoms with Crippen molar-refractivity contribution in [3.05, 3.63) is 12.2 Å². The summed E-state index contributed by atoms with van der Waals surface area (Å²) >= 11 is 0. The number of hydrogen-bond donors (Lipinski definition) is 1. The van der Waals surface area contributed by atoms with Crippen molar-refractivity contribution in [2.75, 3.05) is 0 Å². The van der Waals surface area contributed by atoms with E-state index in [1.165, 1.54) is 4.68 Å². The number of alkyl halides is 2. The van der Waals surface area contributed by atoms with E-state index in [-0.39, 0.29) is 5.82 Å². The van der Waals surface area contributed by atoms with E-state index in [4.69, 9.17) is 0 Å². The van der Waals surface area contributed by atoms with Crippen molar-refractivity contribution >= 4 is 0 Å². The molecule has 6 heteroatoms. The quantitative estimate of drug-likeness (QED) is 0.775. The predicted molar refractivity (Wildman–Crippen MR) is 41.3 cm³/mol. The van der Waals surface area contributed by atoms with Crippen LogP contribution in [0.2, 0.25) is 0 Å². The lowest BCUT2D eigenvalue weighted by atomic mass is 10.2. The molecular weight excluding hydrogens is 180 g/mol. The molecule has 1 unspecified atom stereocenters. The highest BCUT2D eigenvalue weighted by molar-refractivity contribution is 4.95. The van der Waals surface area contributed by atoms with E-state index in [1.807, 2.05) is 0 Å². The molecule has 0 spiro atoms. The van der Waals surface area contributed by atoms with Gasteiger partial charge < -0.3 is 5.11 Å². The highest BCUT2D eigenvalue weighted by Crippen LogP contribution is 2.28. The van der Waals surface area contributed by atoms with Gasteiger partial charge in [0.15, 0.2) is 11.9 Å². The first-order chi connectivity index (χ1) is 5.96. The van der Waals surface area contributed by atoms with Gasteiger partial charge in [0, 0.05) is 13.5 Å². The lowest BCUT2D eigenvalue weighted by Crippen LogP contribution is -2.25. The van der Waals surface area contributed by atoms with Gasteiger partial charge in [-0.15, -0.1) is 0 Å². The molecule has 1 N–H and O–H groups in total. The lowest BCUT2D eigenvalue weighted by molar-refractivity contribution is -0.101. The van der Waals surface area contributed by atoms with E-state index in [9.17, 15) is 13.9 Å². The van der Waals surface area contributed by atoms with Gasteiger partial charge in [0.1, 0.15) is 6.33 Å². The molecule has 1 aromatic heterocycles. The maximum absolute atomic E-state index is 12.7. The van der Waals surface area contributed by atoms with Crippen LogP contribution < -0.4 is 0 Å². The normalized spacial score (nSPS) is 14.5. The summed E-state index contributed by atoms with van der Waals surface area (Å²) < 4.78 is 26.6. The van der Waals surface area contributed by atoms with Crippen LogP contribution in [0.1, 0.15) is 25.8 Å². The number of aryl methyl sites for hydroxylation is 1. The van der Waals surface area contributed by atoms with Crippen LogP contribution in [0.4, 0.5) is 8.78 Å². The van der Waals surface area contributed by atoms with Crippen molar-refractivity contribution in [3.63, 3.8) is 0 Å². The largest absolute Gasteiger partial charge is 0.379 e.